The van der Waals surface area contributed by atoms with Gasteiger partial charge in [0.15, 0.2) is 11.5 Å². The molecule has 1 atom stereocenters. The van der Waals surface area contributed by atoms with Crippen molar-refractivity contribution in [3.8, 4) is 11.5 Å². The zero-order valence-electron chi connectivity index (χ0n) is 12.9. The van der Waals surface area contributed by atoms with Gasteiger partial charge in [-0.15, -0.1) is 0 Å². The first-order valence-electron chi connectivity index (χ1n) is 6.60. The average Bonchev–Trinajstić information content (AvgIpc) is 2.92. The molecular weight excluding hydrogens is 306 g/mol. The first-order valence-corrected chi connectivity index (χ1v) is 8.08. The summed E-state index contributed by atoms with van der Waals surface area (Å²) in [4.78, 5) is 0.112. The molecule has 0 amide bonds. The third-order valence-electron chi connectivity index (χ3n) is 3.22. The summed E-state index contributed by atoms with van der Waals surface area (Å²) in [6.07, 6.45) is 3.39. The van der Waals surface area contributed by atoms with Crippen LogP contribution >= 0.6 is 0 Å². The molecule has 0 saturated carbocycles. The number of ether oxygens (including phenoxy) is 2. The molecule has 8 heteroatoms. The van der Waals surface area contributed by atoms with E-state index in [4.69, 9.17) is 9.47 Å². The van der Waals surface area contributed by atoms with Gasteiger partial charge in [0.25, 0.3) is 0 Å². The lowest BCUT2D eigenvalue weighted by molar-refractivity contribution is 0.354. The van der Waals surface area contributed by atoms with Crippen LogP contribution in [0.3, 0.4) is 0 Å². The van der Waals surface area contributed by atoms with Crippen LogP contribution in [-0.2, 0) is 17.1 Å². The molecule has 0 aliphatic heterocycles. The van der Waals surface area contributed by atoms with Crippen LogP contribution in [0, 0.1) is 0 Å². The van der Waals surface area contributed by atoms with Crippen LogP contribution in [0.25, 0.3) is 0 Å². The molecule has 1 aromatic carbocycles. The van der Waals surface area contributed by atoms with E-state index < -0.39 is 16.1 Å². The van der Waals surface area contributed by atoms with Gasteiger partial charge in [-0.25, -0.2) is 13.1 Å². The number of sulfonamides is 1. The summed E-state index contributed by atoms with van der Waals surface area (Å²) in [7, 11) is 1.05. The van der Waals surface area contributed by atoms with Gasteiger partial charge in [0.05, 0.1) is 25.3 Å². The molecular formula is C14H19N3O4S. The van der Waals surface area contributed by atoms with E-state index in [9.17, 15) is 8.42 Å². The van der Waals surface area contributed by atoms with Crippen molar-refractivity contribution in [3.05, 3.63) is 36.2 Å². The Kier molecular flexibility index (Phi) is 4.72. The maximum atomic E-state index is 12.5. The summed E-state index contributed by atoms with van der Waals surface area (Å²) in [5.41, 5.74) is 0.784. The second kappa shape index (κ2) is 6.37. The Morgan fingerprint density at radius 2 is 1.91 bits per heavy atom. The highest BCUT2D eigenvalue weighted by molar-refractivity contribution is 7.89. The third-order valence-corrected chi connectivity index (χ3v) is 4.76. The number of methoxy groups -OCH3 is 2. The quantitative estimate of drug-likeness (QED) is 0.870. The Bertz CT molecular complexity index is 755. The lowest BCUT2D eigenvalue weighted by atomic mass is 10.2. The van der Waals surface area contributed by atoms with Gasteiger partial charge in [-0.1, -0.05) is 0 Å². The Balaban J connectivity index is 2.26. The van der Waals surface area contributed by atoms with Crippen LogP contribution in [0.5, 0.6) is 11.5 Å². The van der Waals surface area contributed by atoms with Crippen molar-refractivity contribution in [2.45, 2.75) is 17.9 Å². The molecule has 7 nitrogen and oxygen atoms in total. The minimum absolute atomic E-state index is 0.112. The molecule has 22 heavy (non-hydrogen) atoms. The number of aromatic nitrogens is 2. The minimum atomic E-state index is -3.68. The molecule has 0 aliphatic carbocycles. The highest BCUT2D eigenvalue weighted by Gasteiger charge is 2.21. The van der Waals surface area contributed by atoms with E-state index in [-0.39, 0.29) is 4.90 Å². The number of hydrogen-bond acceptors (Lipinski definition) is 5. The first kappa shape index (κ1) is 16.3. The maximum absolute atomic E-state index is 12.5. The van der Waals surface area contributed by atoms with Gasteiger partial charge in [-0.2, -0.15) is 5.10 Å². The molecule has 0 spiro atoms. The maximum Gasteiger partial charge on any atom is 0.241 e. The molecule has 0 radical (unpaired) electrons. The monoisotopic (exact) mass is 325 g/mol. The Hall–Kier alpha value is -2.06. The van der Waals surface area contributed by atoms with E-state index in [1.807, 2.05) is 0 Å². The fraction of sp³-hybridized carbons (Fsp3) is 0.357. The van der Waals surface area contributed by atoms with E-state index in [1.54, 1.807) is 37.1 Å². The van der Waals surface area contributed by atoms with Gasteiger partial charge in [-0.05, 0) is 19.1 Å². The third kappa shape index (κ3) is 3.40. The summed E-state index contributed by atoms with van der Waals surface area (Å²) < 4.78 is 39.4. The zero-order valence-corrected chi connectivity index (χ0v) is 13.7. The zero-order chi connectivity index (χ0) is 16.3. The van der Waals surface area contributed by atoms with Gasteiger partial charge in [-0.3, -0.25) is 4.68 Å². The number of nitrogens with zero attached hydrogens (tertiary/aromatic N) is 2. The van der Waals surface area contributed by atoms with Crippen LogP contribution in [0.1, 0.15) is 18.5 Å². The first-order chi connectivity index (χ1) is 10.4. The van der Waals surface area contributed by atoms with E-state index in [0.29, 0.717) is 11.5 Å². The Labute approximate surface area is 129 Å². The number of hydrogen-bond donors (Lipinski definition) is 1. The van der Waals surface area contributed by atoms with Crippen molar-refractivity contribution in [1.82, 2.24) is 14.5 Å². The minimum Gasteiger partial charge on any atom is -0.493 e. The van der Waals surface area contributed by atoms with E-state index in [1.165, 1.54) is 26.4 Å². The fourth-order valence-electron chi connectivity index (χ4n) is 2.02. The molecule has 0 bridgehead atoms. The van der Waals surface area contributed by atoms with Crippen molar-refractivity contribution in [1.29, 1.82) is 0 Å². The molecule has 1 N–H and O–H groups in total. The highest BCUT2D eigenvalue weighted by Crippen LogP contribution is 2.29. The molecule has 120 valence electrons. The highest BCUT2D eigenvalue weighted by atomic mass is 32.2. The summed E-state index contributed by atoms with van der Waals surface area (Å²) in [6, 6.07) is 4.06. The van der Waals surface area contributed by atoms with Gasteiger partial charge in [0.2, 0.25) is 10.0 Å². The molecule has 2 aromatic rings. The Morgan fingerprint density at radius 1 is 1.23 bits per heavy atom. The summed E-state index contributed by atoms with van der Waals surface area (Å²) in [6.45, 7) is 1.76. The normalized spacial score (nSPS) is 12.9. The van der Waals surface area contributed by atoms with Gasteiger partial charge >= 0.3 is 0 Å². The SMILES string of the molecule is COc1ccc(S(=O)(=O)NC(C)c2cnn(C)c2)cc1OC. The fourth-order valence-corrected chi connectivity index (χ4v) is 3.26. The predicted octanol–water partition coefficient (Wildman–Crippen LogP) is 1.48. The van der Waals surface area contributed by atoms with Crippen molar-refractivity contribution in [2.24, 2.45) is 7.05 Å². The van der Waals surface area contributed by atoms with Crippen LogP contribution in [0.4, 0.5) is 0 Å². The largest absolute Gasteiger partial charge is 0.493 e. The van der Waals surface area contributed by atoms with Gasteiger partial charge in [0.1, 0.15) is 0 Å². The molecule has 0 saturated heterocycles. The van der Waals surface area contributed by atoms with Crippen molar-refractivity contribution < 1.29 is 17.9 Å². The molecule has 2 rings (SSSR count). The lowest BCUT2D eigenvalue weighted by Gasteiger charge is -2.14. The molecule has 0 aliphatic rings. The second-order valence-corrected chi connectivity index (χ2v) is 6.52. The van der Waals surface area contributed by atoms with E-state index in [0.717, 1.165) is 5.56 Å². The van der Waals surface area contributed by atoms with Crippen LogP contribution in [0.15, 0.2) is 35.5 Å². The Morgan fingerprint density at radius 3 is 2.45 bits per heavy atom. The standard InChI is InChI=1S/C14H19N3O4S/c1-10(11-8-15-17(2)9-11)16-22(18,19)12-5-6-13(20-3)14(7-12)21-4/h5-10,16H,1-4H3. The molecule has 0 fully saturated rings. The van der Waals surface area contributed by atoms with Crippen LogP contribution in [-0.4, -0.2) is 32.4 Å². The molecule has 1 heterocycles. The second-order valence-electron chi connectivity index (χ2n) is 4.81. The van der Waals surface area contributed by atoms with Crippen LogP contribution < -0.4 is 14.2 Å². The number of rotatable bonds is 6. The smallest absolute Gasteiger partial charge is 0.241 e. The summed E-state index contributed by atoms with van der Waals surface area (Å²) >= 11 is 0. The van der Waals surface area contributed by atoms with Crippen molar-refractivity contribution in [3.63, 3.8) is 0 Å². The van der Waals surface area contributed by atoms with Crippen molar-refractivity contribution in [2.75, 3.05) is 14.2 Å². The number of benzene rings is 1. The van der Waals surface area contributed by atoms with Crippen molar-refractivity contribution >= 4 is 10.0 Å². The molecule has 1 unspecified atom stereocenters. The topological polar surface area (TPSA) is 82.5 Å². The lowest BCUT2D eigenvalue weighted by Crippen LogP contribution is -2.26. The van der Waals surface area contributed by atoms with Gasteiger partial charge < -0.3 is 9.47 Å². The van der Waals surface area contributed by atoms with Crippen LogP contribution in [0.2, 0.25) is 0 Å². The summed E-state index contributed by atoms with van der Waals surface area (Å²) in [5, 5.41) is 4.04. The summed E-state index contributed by atoms with van der Waals surface area (Å²) in [5.74, 6) is 0.834. The van der Waals surface area contributed by atoms with E-state index in [2.05, 4.69) is 9.82 Å². The number of nitrogens with one attached hydrogen (secondary N) is 1. The average molecular weight is 325 g/mol. The molecule has 1 aromatic heterocycles. The predicted molar refractivity (Wildman–Crippen MR) is 81.5 cm³/mol. The number of aryl methyl sites for hydroxylation is 1. The van der Waals surface area contributed by atoms with Gasteiger partial charge in [0, 0.05) is 30.9 Å². The van der Waals surface area contributed by atoms with E-state index >= 15 is 0 Å².